The van der Waals surface area contributed by atoms with Crippen molar-refractivity contribution < 1.29 is 9.53 Å². The second-order valence-electron chi connectivity index (χ2n) is 7.84. The van der Waals surface area contributed by atoms with Crippen molar-refractivity contribution in [3.8, 4) is 11.4 Å². The Morgan fingerprint density at radius 3 is 2.47 bits per heavy atom. The van der Waals surface area contributed by atoms with Crippen molar-refractivity contribution in [3.05, 3.63) is 81.5 Å². The molecule has 1 amide bonds. The number of amides is 1. The van der Waals surface area contributed by atoms with E-state index in [2.05, 4.69) is 48.6 Å². The minimum absolute atomic E-state index is 0.122. The van der Waals surface area contributed by atoms with Gasteiger partial charge >= 0.3 is 0 Å². The fourth-order valence-electron chi connectivity index (χ4n) is 3.72. The van der Waals surface area contributed by atoms with Crippen molar-refractivity contribution >= 4 is 34.6 Å². The van der Waals surface area contributed by atoms with E-state index in [1.54, 1.807) is 0 Å². The molecule has 6 heteroatoms. The lowest BCUT2D eigenvalue weighted by Crippen LogP contribution is -2.19. The van der Waals surface area contributed by atoms with E-state index in [1.165, 1.54) is 22.9 Å². The molecule has 1 aliphatic rings. The van der Waals surface area contributed by atoms with Crippen LogP contribution in [0.15, 0.2) is 58.4 Å². The summed E-state index contributed by atoms with van der Waals surface area (Å²) in [6, 6.07) is 16.2. The van der Waals surface area contributed by atoms with Crippen LogP contribution in [0.1, 0.15) is 35.0 Å². The van der Waals surface area contributed by atoms with Gasteiger partial charge in [-0.25, -0.2) is 4.99 Å². The highest BCUT2D eigenvalue weighted by molar-refractivity contribution is 8.18. The molecule has 0 atom stereocenters. The first kappa shape index (κ1) is 22.0. The van der Waals surface area contributed by atoms with Gasteiger partial charge in [0, 0.05) is 17.1 Å². The maximum absolute atomic E-state index is 12.6. The lowest BCUT2D eigenvalue weighted by molar-refractivity contribution is -0.115. The normalized spacial score (nSPS) is 16.1. The molecule has 2 aromatic carbocycles. The van der Waals surface area contributed by atoms with Crippen molar-refractivity contribution in [1.82, 2.24) is 9.88 Å². The molecule has 0 aliphatic carbocycles. The molecule has 1 fully saturated rings. The summed E-state index contributed by atoms with van der Waals surface area (Å²) in [5.74, 6) is 0.735. The number of hydrogen-bond donors (Lipinski definition) is 1. The highest BCUT2D eigenvalue weighted by Gasteiger charge is 2.24. The van der Waals surface area contributed by atoms with Crippen LogP contribution >= 0.6 is 11.8 Å². The van der Waals surface area contributed by atoms with Crippen molar-refractivity contribution in [2.45, 2.75) is 34.6 Å². The van der Waals surface area contributed by atoms with E-state index in [9.17, 15) is 4.79 Å². The number of carbonyl (C=O) groups is 1. The standard InChI is InChI=1S/C26H27N3O2S/c1-6-31-23-11-9-22(10-12-23)29-18(4)14-20(19(29)5)15-24-25(30)28-26(32-24)27-21-8-7-16(2)17(3)13-21/h7-15H,6H2,1-5H3,(H,27,28,30)/b24-15-. The smallest absolute Gasteiger partial charge is 0.264 e. The van der Waals surface area contributed by atoms with Gasteiger partial charge < -0.3 is 14.6 Å². The van der Waals surface area contributed by atoms with E-state index in [0.717, 1.165) is 34.1 Å². The molecule has 0 spiro atoms. The third-order valence-corrected chi connectivity index (χ3v) is 6.44. The Morgan fingerprint density at radius 1 is 1.03 bits per heavy atom. The average molecular weight is 446 g/mol. The van der Waals surface area contributed by atoms with Gasteiger partial charge in [0.25, 0.3) is 5.91 Å². The first-order chi connectivity index (χ1) is 15.4. The second kappa shape index (κ2) is 9.09. The van der Waals surface area contributed by atoms with Crippen LogP contribution in [0.4, 0.5) is 5.69 Å². The van der Waals surface area contributed by atoms with E-state index >= 15 is 0 Å². The van der Waals surface area contributed by atoms with Crippen molar-refractivity contribution in [2.75, 3.05) is 6.61 Å². The minimum Gasteiger partial charge on any atom is -0.494 e. The predicted molar refractivity (Wildman–Crippen MR) is 133 cm³/mol. The molecule has 1 aliphatic heterocycles. The first-order valence-corrected chi connectivity index (χ1v) is 11.5. The second-order valence-corrected chi connectivity index (χ2v) is 8.87. The van der Waals surface area contributed by atoms with Gasteiger partial charge in [-0.15, -0.1) is 0 Å². The molecule has 0 saturated carbocycles. The Balaban J connectivity index is 1.60. The largest absolute Gasteiger partial charge is 0.494 e. The van der Waals surface area contributed by atoms with E-state index < -0.39 is 0 Å². The van der Waals surface area contributed by atoms with Crippen LogP contribution in [0.25, 0.3) is 11.8 Å². The van der Waals surface area contributed by atoms with Crippen LogP contribution in [0.5, 0.6) is 5.75 Å². The monoisotopic (exact) mass is 445 g/mol. The molecule has 1 aromatic heterocycles. The van der Waals surface area contributed by atoms with Crippen LogP contribution in [0.2, 0.25) is 0 Å². The van der Waals surface area contributed by atoms with Crippen LogP contribution in [-0.4, -0.2) is 22.2 Å². The molecular formula is C26H27N3O2S. The summed E-state index contributed by atoms with van der Waals surface area (Å²) in [6.07, 6.45) is 1.94. The van der Waals surface area contributed by atoms with Crippen molar-refractivity contribution in [3.63, 3.8) is 0 Å². The van der Waals surface area contributed by atoms with Gasteiger partial charge in [0.15, 0.2) is 5.17 Å². The molecule has 0 unspecified atom stereocenters. The van der Waals surface area contributed by atoms with Crippen LogP contribution in [0, 0.1) is 27.7 Å². The van der Waals surface area contributed by atoms with Gasteiger partial charge in [0.2, 0.25) is 0 Å². The first-order valence-electron chi connectivity index (χ1n) is 10.6. The summed E-state index contributed by atoms with van der Waals surface area (Å²) >= 11 is 1.37. The Hall–Kier alpha value is -3.25. The zero-order valence-corrected chi connectivity index (χ0v) is 19.8. The van der Waals surface area contributed by atoms with Gasteiger partial charge in [0.05, 0.1) is 17.2 Å². The maximum Gasteiger partial charge on any atom is 0.264 e. The molecule has 2 heterocycles. The zero-order chi connectivity index (χ0) is 22.8. The predicted octanol–water partition coefficient (Wildman–Crippen LogP) is 6.00. The van der Waals surface area contributed by atoms with Crippen molar-refractivity contribution in [2.24, 2.45) is 4.99 Å². The Bertz CT molecular complexity index is 1240. The fourth-order valence-corrected chi connectivity index (χ4v) is 4.56. The topological polar surface area (TPSA) is 55.6 Å². The van der Waals surface area contributed by atoms with E-state index in [4.69, 9.17) is 4.74 Å². The number of nitrogens with one attached hydrogen (secondary N) is 1. The molecule has 0 radical (unpaired) electrons. The van der Waals surface area contributed by atoms with Gasteiger partial charge in [0.1, 0.15) is 5.75 Å². The van der Waals surface area contributed by atoms with E-state index in [-0.39, 0.29) is 5.91 Å². The molecule has 164 valence electrons. The number of aryl methyl sites for hydroxylation is 3. The van der Waals surface area contributed by atoms with E-state index in [1.807, 2.05) is 55.5 Å². The summed E-state index contributed by atoms with van der Waals surface area (Å²) < 4.78 is 7.73. The summed E-state index contributed by atoms with van der Waals surface area (Å²) in [5.41, 5.74) is 7.50. The number of rotatable bonds is 5. The number of ether oxygens (including phenoxy) is 1. The van der Waals surface area contributed by atoms with Gasteiger partial charge in [-0.05, 0) is 112 Å². The Labute approximate surface area is 193 Å². The maximum atomic E-state index is 12.6. The average Bonchev–Trinajstić information content (AvgIpc) is 3.24. The molecule has 32 heavy (non-hydrogen) atoms. The highest BCUT2D eigenvalue weighted by Crippen LogP contribution is 2.31. The van der Waals surface area contributed by atoms with E-state index in [0.29, 0.717) is 16.7 Å². The number of nitrogens with zero attached hydrogens (tertiary/aromatic N) is 2. The molecular weight excluding hydrogens is 418 g/mol. The number of thioether (sulfide) groups is 1. The molecule has 1 N–H and O–H groups in total. The Morgan fingerprint density at radius 2 is 1.78 bits per heavy atom. The number of aliphatic imine (C=N–C) groups is 1. The lowest BCUT2D eigenvalue weighted by atomic mass is 10.1. The molecule has 0 bridgehead atoms. The van der Waals surface area contributed by atoms with Gasteiger partial charge in [-0.1, -0.05) is 6.07 Å². The number of amidine groups is 1. The molecule has 5 nitrogen and oxygen atoms in total. The number of benzene rings is 2. The number of aromatic nitrogens is 1. The fraction of sp³-hybridized carbons (Fsp3) is 0.231. The quantitative estimate of drug-likeness (QED) is 0.490. The Kier molecular flexibility index (Phi) is 6.24. The van der Waals surface area contributed by atoms with Crippen LogP contribution in [-0.2, 0) is 4.79 Å². The number of carbonyl (C=O) groups excluding carboxylic acids is 1. The summed E-state index contributed by atoms with van der Waals surface area (Å²) in [5, 5.41) is 3.48. The SMILES string of the molecule is CCOc1ccc(-n2c(C)cc(/C=C3\SC(=Nc4ccc(C)c(C)c4)NC3=O)c2C)cc1. The van der Waals surface area contributed by atoms with Crippen LogP contribution in [0.3, 0.4) is 0 Å². The molecule has 4 rings (SSSR count). The third kappa shape index (κ3) is 4.50. The highest BCUT2D eigenvalue weighted by atomic mass is 32.2. The summed E-state index contributed by atoms with van der Waals surface area (Å²) in [6.45, 7) is 10.9. The summed E-state index contributed by atoms with van der Waals surface area (Å²) in [4.78, 5) is 17.8. The minimum atomic E-state index is -0.122. The molecule has 1 saturated heterocycles. The zero-order valence-electron chi connectivity index (χ0n) is 19.0. The van der Waals surface area contributed by atoms with Crippen molar-refractivity contribution in [1.29, 1.82) is 0 Å². The van der Waals surface area contributed by atoms with Gasteiger partial charge in [-0.3, -0.25) is 4.79 Å². The summed E-state index contributed by atoms with van der Waals surface area (Å²) in [7, 11) is 0. The third-order valence-electron chi connectivity index (χ3n) is 5.53. The van der Waals surface area contributed by atoms with Gasteiger partial charge in [-0.2, -0.15) is 0 Å². The lowest BCUT2D eigenvalue weighted by Gasteiger charge is -2.11. The molecule has 3 aromatic rings. The number of hydrogen-bond acceptors (Lipinski definition) is 4. The van der Waals surface area contributed by atoms with Crippen LogP contribution < -0.4 is 10.1 Å².